The lowest BCUT2D eigenvalue weighted by molar-refractivity contribution is -0.117. The Bertz CT molecular complexity index is 593. The molecule has 0 radical (unpaired) electrons. The number of ether oxygens (including phenoxy) is 2. The fraction of sp³-hybridized carbons (Fsp3) is 0.357. The second-order valence-corrected chi connectivity index (χ2v) is 5.63. The SMILES string of the molecule is CCC(NC(=O)C1=C(c2ccc(OC)c(Cl)c2)OCN1)SF. The lowest BCUT2D eigenvalue weighted by Crippen LogP contribution is -2.35. The third-order valence-corrected chi connectivity index (χ3v) is 4.07. The van der Waals surface area contributed by atoms with Crippen molar-refractivity contribution in [1.82, 2.24) is 10.6 Å². The van der Waals surface area contributed by atoms with Gasteiger partial charge in [-0.25, -0.2) is 0 Å². The summed E-state index contributed by atoms with van der Waals surface area (Å²) in [6.07, 6.45) is 0.477. The van der Waals surface area contributed by atoms with E-state index in [1.54, 1.807) is 25.1 Å². The van der Waals surface area contributed by atoms with E-state index in [0.29, 0.717) is 28.5 Å². The molecule has 0 saturated carbocycles. The van der Waals surface area contributed by atoms with E-state index >= 15 is 0 Å². The van der Waals surface area contributed by atoms with Crippen molar-refractivity contribution in [2.45, 2.75) is 18.7 Å². The molecule has 1 aromatic rings. The largest absolute Gasteiger partial charge is 0.495 e. The molecule has 120 valence electrons. The van der Waals surface area contributed by atoms with Crippen molar-refractivity contribution in [3.05, 3.63) is 34.5 Å². The Labute approximate surface area is 137 Å². The lowest BCUT2D eigenvalue weighted by atomic mass is 10.1. The van der Waals surface area contributed by atoms with Crippen LogP contribution in [0.2, 0.25) is 5.02 Å². The second kappa shape index (κ2) is 7.60. The van der Waals surface area contributed by atoms with Crippen LogP contribution < -0.4 is 15.4 Å². The predicted octanol–water partition coefficient (Wildman–Crippen LogP) is 3.06. The Morgan fingerprint density at radius 2 is 2.41 bits per heavy atom. The first-order chi connectivity index (χ1) is 10.6. The molecular formula is C14H16ClFN2O3S. The number of hydrogen-bond acceptors (Lipinski definition) is 5. The molecule has 1 amide bonds. The molecule has 1 aromatic carbocycles. The number of carbonyl (C=O) groups is 1. The first-order valence-corrected chi connectivity index (χ1v) is 7.79. The van der Waals surface area contributed by atoms with Gasteiger partial charge in [-0.3, -0.25) is 4.79 Å². The standard InChI is InChI=1S/C14H16ClFN2O3S/c1-3-11(22-16)18-14(19)12-13(21-7-17-12)8-4-5-10(20-2)9(15)6-8/h4-6,11,17H,3,7H2,1-2H3,(H,18,19). The molecule has 1 aliphatic heterocycles. The van der Waals surface area contributed by atoms with Gasteiger partial charge in [0.25, 0.3) is 5.91 Å². The maximum Gasteiger partial charge on any atom is 0.272 e. The van der Waals surface area contributed by atoms with Gasteiger partial charge in [0, 0.05) is 5.56 Å². The van der Waals surface area contributed by atoms with Gasteiger partial charge >= 0.3 is 0 Å². The third-order valence-electron chi connectivity index (χ3n) is 3.10. The van der Waals surface area contributed by atoms with Crippen LogP contribution in [0.4, 0.5) is 3.89 Å². The van der Waals surface area contributed by atoms with Gasteiger partial charge in [-0.15, -0.1) is 0 Å². The molecule has 0 aliphatic carbocycles. The van der Waals surface area contributed by atoms with E-state index < -0.39 is 11.3 Å². The lowest BCUT2D eigenvalue weighted by Gasteiger charge is -2.13. The summed E-state index contributed by atoms with van der Waals surface area (Å²) in [5, 5.41) is 5.25. The summed E-state index contributed by atoms with van der Waals surface area (Å²) in [7, 11) is 1.52. The van der Waals surface area contributed by atoms with E-state index in [0.717, 1.165) is 0 Å². The Balaban J connectivity index is 2.27. The zero-order valence-electron chi connectivity index (χ0n) is 12.1. The van der Waals surface area contributed by atoms with Crippen LogP contribution >= 0.6 is 23.7 Å². The number of methoxy groups -OCH3 is 1. The normalized spacial score (nSPS) is 15.1. The van der Waals surface area contributed by atoms with E-state index in [-0.39, 0.29) is 24.6 Å². The molecule has 8 heteroatoms. The molecule has 1 heterocycles. The number of rotatable bonds is 6. The van der Waals surface area contributed by atoms with Crippen molar-refractivity contribution in [1.29, 1.82) is 0 Å². The smallest absolute Gasteiger partial charge is 0.272 e. The maximum absolute atomic E-state index is 12.7. The van der Waals surface area contributed by atoms with Gasteiger partial charge in [-0.05, 0) is 24.6 Å². The average molecular weight is 347 g/mol. The Morgan fingerprint density at radius 1 is 1.64 bits per heavy atom. The first kappa shape index (κ1) is 16.8. The number of carbonyl (C=O) groups excluding carboxylic acids is 1. The fourth-order valence-electron chi connectivity index (χ4n) is 1.96. The molecule has 0 spiro atoms. The van der Waals surface area contributed by atoms with Crippen molar-refractivity contribution in [3.63, 3.8) is 0 Å². The number of halogens is 2. The van der Waals surface area contributed by atoms with E-state index in [2.05, 4.69) is 10.6 Å². The highest BCUT2D eigenvalue weighted by atomic mass is 35.5. The fourth-order valence-corrected chi connectivity index (χ4v) is 2.49. The summed E-state index contributed by atoms with van der Waals surface area (Å²) in [4.78, 5) is 12.2. The van der Waals surface area contributed by atoms with Crippen LogP contribution in [0.5, 0.6) is 5.75 Å². The van der Waals surface area contributed by atoms with Crippen molar-refractivity contribution in [3.8, 4) is 5.75 Å². The van der Waals surface area contributed by atoms with Crippen LogP contribution in [-0.2, 0) is 9.53 Å². The van der Waals surface area contributed by atoms with Gasteiger partial charge in [0.15, 0.2) is 12.5 Å². The Hall–Kier alpha value is -1.60. The highest BCUT2D eigenvalue weighted by Crippen LogP contribution is 2.31. The average Bonchev–Trinajstić information content (AvgIpc) is 3.02. The molecule has 1 unspecified atom stereocenters. The van der Waals surface area contributed by atoms with Crippen LogP contribution in [0.25, 0.3) is 5.76 Å². The second-order valence-electron chi connectivity index (χ2n) is 4.48. The van der Waals surface area contributed by atoms with Crippen LogP contribution in [0.1, 0.15) is 18.9 Å². The minimum Gasteiger partial charge on any atom is -0.495 e. The van der Waals surface area contributed by atoms with E-state index in [1.807, 2.05) is 0 Å². The van der Waals surface area contributed by atoms with Crippen LogP contribution in [-0.4, -0.2) is 25.1 Å². The highest BCUT2D eigenvalue weighted by molar-refractivity contribution is 7.94. The molecule has 0 fully saturated rings. The maximum atomic E-state index is 12.7. The van der Waals surface area contributed by atoms with E-state index in [1.165, 1.54) is 7.11 Å². The minimum atomic E-state index is -0.594. The molecule has 0 aromatic heterocycles. The molecule has 0 saturated heterocycles. The number of hydrogen-bond donors (Lipinski definition) is 2. The minimum absolute atomic E-state index is 0.101. The van der Waals surface area contributed by atoms with Crippen LogP contribution in [0.15, 0.2) is 23.9 Å². The predicted molar refractivity (Wildman–Crippen MR) is 84.9 cm³/mol. The summed E-state index contributed by atoms with van der Waals surface area (Å²) in [5.74, 6) is 0.486. The number of benzene rings is 1. The van der Waals surface area contributed by atoms with E-state index in [4.69, 9.17) is 21.1 Å². The van der Waals surface area contributed by atoms with Gasteiger partial charge in [0.2, 0.25) is 0 Å². The zero-order valence-corrected chi connectivity index (χ0v) is 13.7. The molecule has 0 bridgehead atoms. The number of amides is 1. The highest BCUT2D eigenvalue weighted by Gasteiger charge is 2.25. The summed E-state index contributed by atoms with van der Waals surface area (Å²) in [6.45, 7) is 1.95. The quantitative estimate of drug-likeness (QED) is 0.775. The Kier molecular flexibility index (Phi) is 5.79. The van der Waals surface area contributed by atoms with E-state index in [9.17, 15) is 8.68 Å². The van der Waals surface area contributed by atoms with Crippen LogP contribution in [0, 0.1) is 0 Å². The summed E-state index contributed by atoms with van der Waals surface area (Å²) < 4.78 is 23.2. The summed E-state index contributed by atoms with van der Waals surface area (Å²) in [5.41, 5.74) is 0.899. The van der Waals surface area contributed by atoms with Crippen molar-refractivity contribution < 1.29 is 18.2 Å². The molecule has 22 heavy (non-hydrogen) atoms. The van der Waals surface area contributed by atoms with Crippen molar-refractivity contribution >= 4 is 35.4 Å². The van der Waals surface area contributed by atoms with Gasteiger partial charge < -0.3 is 20.1 Å². The monoisotopic (exact) mass is 346 g/mol. The molecule has 5 nitrogen and oxygen atoms in total. The van der Waals surface area contributed by atoms with Crippen molar-refractivity contribution in [2.24, 2.45) is 0 Å². The summed E-state index contributed by atoms with van der Waals surface area (Å²) >= 11 is 6.19. The third kappa shape index (κ3) is 3.59. The van der Waals surface area contributed by atoms with Gasteiger partial charge in [-0.2, -0.15) is 3.89 Å². The number of nitrogens with one attached hydrogen (secondary N) is 2. The van der Waals surface area contributed by atoms with Gasteiger partial charge in [0.1, 0.15) is 16.8 Å². The molecule has 1 atom stereocenters. The molecule has 2 N–H and O–H groups in total. The van der Waals surface area contributed by atoms with Crippen molar-refractivity contribution in [2.75, 3.05) is 13.8 Å². The van der Waals surface area contributed by atoms with Gasteiger partial charge in [-0.1, -0.05) is 18.5 Å². The first-order valence-electron chi connectivity index (χ1n) is 6.63. The molecule has 1 aliphatic rings. The molecular weight excluding hydrogens is 331 g/mol. The zero-order chi connectivity index (χ0) is 16.1. The van der Waals surface area contributed by atoms with Gasteiger partial charge in [0.05, 0.1) is 24.3 Å². The summed E-state index contributed by atoms with van der Waals surface area (Å²) in [6, 6.07) is 5.08. The Morgan fingerprint density at radius 3 is 3.00 bits per heavy atom. The molecule has 2 rings (SSSR count). The topological polar surface area (TPSA) is 59.6 Å². The van der Waals surface area contributed by atoms with Crippen LogP contribution in [0.3, 0.4) is 0 Å².